The summed E-state index contributed by atoms with van der Waals surface area (Å²) in [6.45, 7) is 0. The molecule has 4 nitrogen and oxygen atoms in total. The molecule has 1 fully saturated rings. The van der Waals surface area contributed by atoms with E-state index in [4.69, 9.17) is 0 Å². The zero-order chi connectivity index (χ0) is 12.6. The Morgan fingerprint density at radius 2 is 2.11 bits per heavy atom. The van der Waals surface area contributed by atoms with Gasteiger partial charge in [-0.05, 0) is 25.0 Å². The highest BCUT2D eigenvalue weighted by molar-refractivity contribution is 5.90. The number of hydrogen-bond acceptors (Lipinski definition) is 2. The van der Waals surface area contributed by atoms with E-state index in [9.17, 15) is 9.90 Å². The summed E-state index contributed by atoms with van der Waals surface area (Å²) in [6, 6.07) is 3.79. The van der Waals surface area contributed by atoms with Crippen molar-refractivity contribution in [2.24, 2.45) is 0 Å². The molecule has 0 aromatic carbocycles. The van der Waals surface area contributed by atoms with E-state index in [0.717, 1.165) is 35.9 Å². The average molecular weight is 244 g/mol. The zero-order valence-corrected chi connectivity index (χ0v) is 10.1. The smallest absolute Gasteiger partial charge is 0.314 e. The Kier molecular flexibility index (Phi) is 2.58. The number of rotatable bonds is 2. The van der Waals surface area contributed by atoms with Crippen molar-refractivity contribution in [1.29, 1.82) is 0 Å². The molecule has 0 radical (unpaired) electrons. The first-order chi connectivity index (χ1) is 8.74. The van der Waals surface area contributed by atoms with E-state index in [2.05, 4.69) is 9.97 Å². The van der Waals surface area contributed by atoms with E-state index in [1.54, 1.807) is 6.20 Å². The highest BCUT2D eigenvalue weighted by Crippen LogP contribution is 2.42. The van der Waals surface area contributed by atoms with Crippen LogP contribution in [0, 0.1) is 0 Å². The number of aliphatic carboxylic acids is 1. The number of fused-ring (bicyclic) bond motifs is 1. The Labute approximate surface area is 105 Å². The van der Waals surface area contributed by atoms with Gasteiger partial charge in [-0.2, -0.15) is 0 Å². The number of carboxylic acids is 1. The minimum Gasteiger partial charge on any atom is -0.481 e. The minimum absolute atomic E-state index is 0.714. The van der Waals surface area contributed by atoms with E-state index in [1.807, 2.05) is 18.3 Å². The van der Waals surface area contributed by atoms with Crippen LogP contribution in [-0.2, 0) is 10.2 Å². The first-order valence-corrected chi connectivity index (χ1v) is 6.40. The SMILES string of the molecule is O=C(O)C1(c2c[nH]c3cccnc23)CCCCC1. The number of aromatic amines is 1. The summed E-state index contributed by atoms with van der Waals surface area (Å²) in [4.78, 5) is 19.3. The number of carbonyl (C=O) groups is 1. The van der Waals surface area contributed by atoms with Crippen molar-refractivity contribution >= 4 is 17.0 Å². The summed E-state index contributed by atoms with van der Waals surface area (Å²) in [5, 5.41) is 9.68. The van der Waals surface area contributed by atoms with Crippen molar-refractivity contribution in [3.63, 3.8) is 0 Å². The molecule has 1 aliphatic carbocycles. The molecule has 94 valence electrons. The van der Waals surface area contributed by atoms with E-state index < -0.39 is 11.4 Å². The van der Waals surface area contributed by atoms with Gasteiger partial charge in [-0.1, -0.05) is 19.3 Å². The maximum Gasteiger partial charge on any atom is 0.314 e. The Balaban J connectivity index is 2.18. The van der Waals surface area contributed by atoms with Gasteiger partial charge in [-0.15, -0.1) is 0 Å². The monoisotopic (exact) mass is 244 g/mol. The molecule has 0 atom stereocenters. The van der Waals surface area contributed by atoms with Crippen LogP contribution in [0.25, 0.3) is 11.0 Å². The van der Waals surface area contributed by atoms with Crippen molar-refractivity contribution in [3.8, 4) is 0 Å². The molecule has 0 unspecified atom stereocenters. The predicted molar refractivity (Wildman–Crippen MR) is 68.5 cm³/mol. The molecule has 0 saturated heterocycles. The summed E-state index contributed by atoms with van der Waals surface area (Å²) >= 11 is 0. The van der Waals surface area contributed by atoms with E-state index in [0.29, 0.717) is 12.8 Å². The average Bonchev–Trinajstić information content (AvgIpc) is 2.83. The van der Waals surface area contributed by atoms with Gasteiger partial charge in [-0.3, -0.25) is 9.78 Å². The lowest BCUT2D eigenvalue weighted by Gasteiger charge is -2.32. The van der Waals surface area contributed by atoms with Crippen LogP contribution >= 0.6 is 0 Å². The third-order valence-electron chi connectivity index (χ3n) is 4.07. The Hall–Kier alpha value is -1.84. The summed E-state index contributed by atoms with van der Waals surface area (Å²) in [5.41, 5.74) is 1.83. The number of aromatic nitrogens is 2. The van der Waals surface area contributed by atoms with Gasteiger partial charge in [0, 0.05) is 18.0 Å². The third kappa shape index (κ3) is 1.52. The quantitative estimate of drug-likeness (QED) is 0.853. The molecule has 3 rings (SSSR count). The van der Waals surface area contributed by atoms with Crippen LogP contribution in [0.3, 0.4) is 0 Å². The molecular formula is C14H16N2O2. The van der Waals surface area contributed by atoms with Gasteiger partial charge in [0.15, 0.2) is 0 Å². The lowest BCUT2D eigenvalue weighted by molar-refractivity contribution is -0.145. The number of hydrogen-bond donors (Lipinski definition) is 2. The molecular weight excluding hydrogens is 228 g/mol. The van der Waals surface area contributed by atoms with Crippen molar-refractivity contribution < 1.29 is 9.90 Å². The summed E-state index contributed by atoms with van der Waals surface area (Å²) in [7, 11) is 0. The van der Waals surface area contributed by atoms with Gasteiger partial charge in [-0.25, -0.2) is 0 Å². The molecule has 0 bridgehead atoms. The fourth-order valence-corrected chi connectivity index (χ4v) is 3.07. The summed E-state index contributed by atoms with van der Waals surface area (Å²) in [5.74, 6) is -0.714. The van der Waals surface area contributed by atoms with Crippen molar-refractivity contribution in [3.05, 3.63) is 30.1 Å². The van der Waals surface area contributed by atoms with Gasteiger partial charge in [0.05, 0.1) is 16.4 Å². The number of H-pyrrole nitrogens is 1. The molecule has 2 aromatic rings. The van der Waals surface area contributed by atoms with E-state index >= 15 is 0 Å². The van der Waals surface area contributed by atoms with Crippen LogP contribution in [-0.4, -0.2) is 21.0 Å². The second-order valence-electron chi connectivity index (χ2n) is 5.05. The van der Waals surface area contributed by atoms with Crippen LogP contribution in [0.15, 0.2) is 24.5 Å². The topological polar surface area (TPSA) is 66.0 Å². The van der Waals surface area contributed by atoms with Gasteiger partial charge in [0.2, 0.25) is 0 Å². The third-order valence-corrected chi connectivity index (χ3v) is 4.07. The Morgan fingerprint density at radius 3 is 2.83 bits per heavy atom. The van der Waals surface area contributed by atoms with Crippen LogP contribution < -0.4 is 0 Å². The van der Waals surface area contributed by atoms with Crippen LogP contribution in [0.5, 0.6) is 0 Å². The Bertz CT molecular complexity index is 582. The largest absolute Gasteiger partial charge is 0.481 e. The summed E-state index contributed by atoms with van der Waals surface area (Å²) < 4.78 is 0. The van der Waals surface area contributed by atoms with Crippen molar-refractivity contribution in [2.45, 2.75) is 37.5 Å². The molecule has 2 N–H and O–H groups in total. The maximum absolute atomic E-state index is 11.8. The van der Waals surface area contributed by atoms with Crippen LogP contribution in [0.1, 0.15) is 37.7 Å². The molecule has 4 heteroatoms. The fourth-order valence-electron chi connectivity index (χ4n) is 3.07. The summed E-state index contributed by atoms with van der Waals surface area (Å²) in [6.07, 6.45) is 8.06. The number of nitrogens with one attached hydrogen (secondary N) is 1. The van der Waals surface area contributed by atoms with E-state index in [-0.39, 0.29) is 0 Å². The zero-order valence-electron chi connectivity index (χ0n) is 10.1. The van der Waals surface area contributed by atoms with Gasteiger partial charge < -0.3 is 10.1 Å². The maximum atomic E-state index is 11.8. The molecule has 0 aliphatic heterocycles. The van der Waals surface area contributed by atoms with Gasteiger partial charge in [0.25, 0.3) is 0 Å². The highest BCUT2D eigenvalue weighted by atomic mass is 16.4. The normalized spacial score (nSPS) is 18.9. The first-order valence-electron chi connectivity index (χ1n) is 6.40. The van der Waals surface area contributed by atoms with Crippen LogP contribution in [0.2, 0.25) is 0 Å². The lowest BCUT2D eigenvalue weighted by Crippen LogP contribution is -2.37. The van der Waals surface area contributed by atoms with Crippen molar-refractivity contribution in [2.75, 3.05) is 0 Å². The molecule has 0 amide bonds. The standard InChI is InChI=1S/C14H16N2O2/c17-13(18)14(6-2-1-3-7-14)10-9-16-11-5-4-8-15-12(10)11/h4-5,8-9,16H,1-3,6-7H2,(H,17,18). The minimum atomic E-state index is -0.745. The molecule has 1 saturated carbocycles. The number of nitrogens with zero attached hydrogens (tertiary/aromatic N) is 1. The highest BCUT2D eigenvalue weighted by Gasteiger charge is 2.43. The fraction of sp³-hybridized carbons (Fsp3) is 0.429. The molecule has 1 aliphatic rings. The first kappa shape index (κ1) is 11.3. The second-order valence-corrected chi connectivity index (χ2v) is 5.05. The predicted octanol–water partition coefficient (Wildman–Crippen LogP) is 2.85. The lowest BCUT2D eigenvalue weighted by atomic mass is 9.70. The van der Waals surface area contributed by atoms with E-state index in [1.165, 1.54) is 0 Å². The van der Waals surface area contributed by atoms with Crippen LogP contribution in [0.4, 0.5) is 0 Å². The van der Waals surface area contributed by atoms with Gasteiger partial charge >= 0.3 is 5.97 Å². The van der Waals surface area contributed by atoms with Gasteiger partial charge in [0.1, 0.15) is 0 Å². The molecule has 0 spiro atoms. The van der Waals surface area contributed by atoms with Crippen molar-refractivity contribution in [1.82, 2.24) is 9.97 Å². The molecule has 18 heavy (non-hydrogen) atoms. The number of carboxylic acid groups (broad SMARTS) is 1. The number of pyridine rings is 1. The second kappa shape index (κ2) is 4.12. The Morgan fingerprint density at radius 1 is 1.33 bits per heavy atom. The molecule has 2 aromatic heterocycles. The molecule has 2 heterocycles.